The molecule has 0 aliphatic rings. The van der Waals surface area contributed by atoms with Gasteiger partial charge in [0, 0.05) is 5.75 Å². The highest BCUT2D eigenvalue weighted by Gasteiger charge is 1.92. The van der Waals surface area contributed by atoms with Gasteiger partial charge < -0.3 is 0 Å². The van der Waals surface area contributed by atoms with Crippen LogP contribution in [-0.2, 0) is 0 Å². The Morgan fingerprint density at radius 1 is 1.89 bits per heavy atom. The SMILES string of the molecule is S=CCSc1cnns1. The molecular weight excluding hydrogens is 172 g/mol. The topological polar surface area (TPSA) is 25.8 Å². The molecule has 0 atom stereocenters. The Morgan fingerprint density at radius 2 is 2.78 bits per heavy atom. The van der Waals surface area contributed by atoms with E-state index in [1.54, 1.807) is 23.3 Å². The van der Waals surface area contributed by atoms with Crippen molar-refractivity contribution in [1.82, 2.24) is 9.59 Å². The maximum atomic E-state index is 4.64. The maximum Gasteiger partial charge on any atom is 0.101 e. The summed E-state index contributed by atoms with van der Waals surface area (Å²) in [6, 6.07) is 0. The van der Waals surface area contributed by atoms with E-state index in [9.17, 15) is 0 Å². The van der Waals surface area contributed by atoms with Gasteiger partial charge in [0.15, 0.2) is 0 Å². The fourth-order valence-corrected chi connectivity index (χ4v) is 1.68. The normalized spacial score (nSPS) is 9.33. The predicted octanol–water partition coefficient (Wildman–Crippen LogP) is 1.63. The first-order chi connectivity index (χ1) is 4.43. The third kappa shape index (κ3) is 2.38. The van der Waals surface area contributed by atoms with Gasteiger partial charge >= 0.3 is 0 Å². The number of thiocarbonyl (C=S) groups is 1. The Hall–Kier alpha value is -0.0000000000000000833. The highest BCUT2D eigenvalue weighted by Crippen LogP contribution is 2.18. The minimum absolute atomic E-state index is 0.860. The summed E-state index contributed by atoms with van der Waals surface area (Å²) in [6.07, 6.45) is 1.74. The van der Waals surface area contributed by atoms with E-state index in [-0.39, 0.29) is 0 Å². The van der Waals surface area contributed by atoms with Crippen molar-refractivity contribution in [2.24, 2.45) is 0 Å². The lowest BCUT2D eigenvalue weighted by atomic mass is 11.0. The molecule has 0 radical (unpaired) electrons. The summed E-state index contributed by atoms with van der Waals surface area (Å²) < 4.78 is 4.82. The molecule has 1 rings (SSSR count). The summed E-state index contributed by atoms with van der Waals surface area (Å²) in [4.78, 5) is 0. The van der Waals surface area contributed by atoms with Gasteiger partial charge in [-0.2, -0.15) is 0 Å². The van der Waals surface area contributed by atoms with Crippen LogP contribution < -0.4 is 0 Å². The van der Waals surface area contributed by atoms with Crippen molar-refractivity contribution in [3.05, 3.63) is 6.20 Å². The summed E-state index contributed by atoms with van der Waals surface area (Å²) in [5.74, 6) is 0.860. The zero-order chi connectivity index (χ0) is 6.53. The van der Waals surface area contributed by atoms with E-state index < -0.39 is 0 Å². The Labute approximate surface area is 66.8 Å². The molecule has 0 N–H and O–H groups in total. The third-order valence-corrected chi connectivity index (χ3v) is 2.77. The Morgan fingerprint density at radius 3 is 3.33 bits per heavy atom. The maximum absolute atomic E-state index is 4.64. The smallest absolute Gasteiger partial charge is 0.101 e. The lowest BCUT2D eigenvalue weighted by Gasteiger charge is -1.83. The van der Waals surface area contributed by atoms with Crippen molar-refractivity contribution in [3.8, 4) is 0 Å². The van der Waals surface area contributed by atoms with Gasteiger partial charge in [-0.05, 0) is 16.9 Å². The van der Waals surface area contributed by atoms with Crippen LogP contribution >= 0.6 is 35.5 Å². The first-order valence-electron chi connectivity index (χ1n) is 2.27. The van der Waals surface area contributed by atoms with Gasteiger partial charge in [0.2, 0.25) is 0 Å². The van der Waals surface area contributed by atoms with Crippen molar-refractivity contribution in [1.29, 1.82) is 0 Å². The Kier molecular flexibility index (Phi) is 3.10. The zero-order valence-electron chi connectivity index (χ0n) is 4.48. The van der Waals surface area contributed by atoms with Crippen LogP contribution in [0.1, 0.15) is 0 Å². The third-order valence-electron chi connectivity index (χ3n) is 0.635. The minimum Gasteiger partial charge on any atom is -0.145 e. The van der Waals surface area contributed by atoms with Crippen LogP contribution in [0.3, 0.4) is 0 Å². The molecule has 48 valence electrons. The van der Waals surface area contributed by atoms with E-state index in [0.717, 1.165) is 9.96 Å². The Balaban J connectivity index is 2.38. The number of hydrogen-bond donors (Lipinski definition) is 0. The lowest BCUT2D eigenvalue weighted by molar-refractivity contribution is 1.15. The summed E-state index contributed by atoms with van der Waals surface area (Å²) in [5.41, 5.74) is 0. The van der Waals surface area contributed by atoms with Crippen molar-refractivity contribution in [2.75, 3.05) is 5.75 Å². The van der Waals surface area contributed by atoms with E-state index in [0.29, 0.717) is 0 Å². The van der Waals surface area contributed by atoms with Crippen LogP contribution in [-0.4, -0.2) is 20.7 Å². The van der Waals surface area contributed by atoms with Gasteiger partial charge in [-0.1, -0.05) is 16.7 Å². The molecule has 1 aromatic rings. The highest BCUT2D eigenvalue weighted by molar-refractivity contribution is 8.02. The van der Waals surface area contributed by atoms with E-state index in [1.165, 1.54) is 11.5 Å². The molecule has 0 saturated heterocycles. The average molecular weight is 176 g/mol. The molecule has 1 heterocycles. The molecule has 0 amide bonds. The molecule has 0 aliphatic carbocycles. The molecule has 2 nitrogen and oxygen atoms in total. The second-order valence-corrected chi connectivity index (χ2v) is 3.65. The molecule has 0 saturated carbocycles. The second kappa shape index (κ2) is 3.92. The number of rotatable bonds is 3. The highest BCUT2D eigenvalue weighted by atomic mass is 32.2. The summed E-state index contributed by atoms with van der Waals surface area (Å²) in [5, 5.41) is 5.37. The van der Waals surface area contributed by atoms with Crippen LogP contribution in [0.4, 0.5) is 0 Å². The Bertz CT molecular complexity index is 172. The fraction of sp³-hybridized carbons (Fsp3) is 0.250. The molecule has 0 aromatic carbocycles. The fourth-order valence-electron chi connectivity index (χ4n) is 0.338. The summed E-state index contributed by atoms with van der Waals surface area (Å²) >= 11 is 7.70. The van der Waals surface area contributed by atoms with Gasteiger partial charge in [0.05, 0.1) is 6.20 Å². The molecule has 0 aliphatic heterocycles. The van der Waals surface area contributed by atoms with Gasteiger partial charge in [0.1, 0.15) is 4.21 Å². The van der Waals surface area contributed by atoms with Crippen molar-refractivity contribution < 1.29 is 0 Å². The zero-order valence-corrected chi connectivity index (χ0v) is 6.93. The minimum atomic E-state index is 0.860. The van der Waals surface area contributed by atoms with E-state index in [4.69, 9.17) is 0 Å². The van der Waals surface area contributed by atoms with Gasteiger partial charge in [-0.25, -0.2) is 0 Å². The molecule has 5 heteroatoms. The number of nitrogens with zero attached hydrogens (tertiary/aromatic N) is 2. The molecule has 0 spiro atoms. The summed E-state index contributed by atoms with van der Waals surface area (Å²) in [7, 11) is 0. The number of thioether (sulfide) groups is 1. The standard InChI is InChI=1S/C4H4N2S3/c7-1-2-8-4-3-5-6-9-4/h1,3H,2H2. The van der Waals surface area contributed by atoms with Crippen LogP contribution in [0.5, 0.6) is 0 Å². The largest absolute Gasteiger partial charge is 0.145 e. The van der Waals surface area contributed by atoms with E-state index in [2.05, 4.69) is 21.8 Å². The molecular formula is C4H4N2S3. The van der Waals surface area contributed by atoms with Crippen LogP contribution in [0.15, 0.2) is 10.4 Å². The molecule has 0 bridgehead atoms. The average Bonchev–Trinajstić information content (AvgIpc) is 2.34. The van der Waals surface area contributed by atoms with Crippen molar-refractivity contribution in [3.63, 3.8) is 0 Å². The monoisotopic (exact) mass is 176 g/mol. The van der Waals surface area contributed by atoms with E-state index in [1.807, 2.05) is 0 Å². The predicted molar refractivity (Wildman–Crippen MR) is 44.3 cm³/mol. The quantitative estimate of drug-likeness (QED) is 0.516. The van der Waals surface area contributed by atoms with Crippen LogP contribution in [0.2, 0.25) is 0 Å². The lowest BCUT2D eigenvalue weighted by Crippen LogP contribution is -1.71. The van der Waals surface area contributed by atoms with Crippen LogP contribution in [0, 0.1) is 0 Å². The molecule has 0 unspecified atom stereocenters. The van der Waals surface area contributed by atoms with E-state index >= 15 is 0 Å². The molecule has 9 heavy (non-hydrogen) atoms. The molecule has 0 fully saturated rings. The van der Waals surface area contributed by atoms with Gasteiger partial charge in [-0.3, -0.25) is 0 Å². The number of aromatic nitrogens is 2. The molecule has 1 aromatic heterocycles. The van der Waals surface area contributed by atoms with Crippen LogP contribution in [0.25, 0.3) is 0 Å². The first-order valence-corrected chi connectivity index (χ1v) is 4.50. The number of hydrogen-bond acceptors (Lipinski definition) is 5. The van der Waals surface area contributed by atoms with Gasteiger partial charge in [0.25, 0.3) is 0 Å². The van der Waals surface area contributed by atoms with Crippen molar-refractivity contribution in [2.45, 2.75) is 4.21 Å². The first kappa shape index (κ1) is 7.11. The summed E-state index contributed by atoms with van der Waals surface area (Å²) in [6.45, 7) is 0. The van der Waals surface area contributed by atoms with Gasteiger partial charge in [-0.15, -0.1) is 16.9 Å². The van der Waals surface area contributed by atoms with Crippen molar-refractivity contribution >= 4 is 40.9 Å². The second-order valence-electron chi connectivity index (χ2n) is 1.21.